The molecule has 0 saturated heterocycles. The lowest BCUT2D eigenvalue weighted by molar-refractivity contribution is 0.244. The third-order valence-corrected chi connectivity index (χ3v) is 3.90. The molecule has 3 nitrogen and oxygen atoms in total. The summed E-state index contributed by atoms with van der Waals surface area (Å²) < 4.78 is 6.76. The molecule has 0 amide bonds. The molecular weight excluding hydrogens is 316 g/mol. The zero-order chi connectivity index (χ0) is 14.7. The molecule has 0 atom stereocenters. The Labute approximate surface area is 128 Å². The second kappa shape index (κ2) is 6.18. The van der Waals surface area contributed by atoms with E-state index in [1.54, 1.807) is 0 Å². The first-order chi connectivity index (χ1) is 9.47. The van der Waals surface area contributed by atoms with Crippen molar-refractivity contribution in [3.8, 4) is 5.75 Å². The molecule has 0 aromatic heterocycles. The SMILES string of the molecule is Cc1cccc(Nc2ccc(N)c(OC(C)C)c2)c1Br. The van der Waals surface area contributed by atoms with Gasteiger partial charge in [0.05, 0.1) is 17.5 Å². The van der Waals surface area contributed by atoms with Gasteiger partial charge in [-0.25, -0.2) is 0 Å². The highest BCUT2D eigenvalue weighted by Gasteiger charge is 2.07. The van der Waals surface area contributed by atoms with Gasteiger partial charge in [-0.3, -0.25) is 0 Å². The highest BCUT2D eigenvalue weighted by molar-refractivity contribution is 9.10. The van der Waals surface area contributed by atoms with Crippen LogP contribution >= 0.6 is 15.9 Å². The van der Waals surface area contributed by atoms with Gasteiger partial charge < -0.3 is 15.8 Å². The number of hydrogen-bond acceptors (Lipinski definition) is 3. The van der Waals surface area contributed by atoms with Gasteiger partial charge in [0.25, 0.3) is 0 Å². The summed E-state index contributed by atoms with van der Waals surface area (Å²) in [7, 11) is 0. The Bertz CT molecular complexity index is 611. The number of hydrogen-bond donors (Lipinski definition) is 2. The van der Waals surface area contributed by atoms with Crippen molar-refractivity contribution >= 4 is 33.0 Å². The van der Waals surface area contributed by atoms with Crippen LogP contribution in [0.2, 0.25) is 0 Å². The first-order valence-corrected chi connectivity index (χ1v) is 7.35. The Kier molecular flexibility index (Phi) is 4.55. The van der Waals surface area contributed by atoms with Crippen LogP contribution < -0.4 is 15.8 Å². The monoisotopic (exact) mass is 334 g/mol. The van der Waals surface area contributed by atoms with Gasteiger partial charge >= 0.3 is 0 Å². The van der Waals surface area contributed by atoms with Crippen LogP contribution in [0.3, 0.4) is 0 Å². The van der Waals surface area contributed by atoms with Crippen LogP contribution in [-0.2, 0) is 0 Å². The smallest absolute Gasteiger partial charge is 0.144 e. The van der Waals surface area contributed by atoms with Crippen molar-refractivity contribution in [2.75, 3.05) is 11.1 Å². The average Bonchev–Trinajstić information content (AvgIpc) is 2.38. The topological polar surface area (TPSA) is 47.3 Å². The van der Waals surface area contributed by atoms with Crippen LogP contribution in [0.4, 0.5) is 17.1 Å². The summed E-state index contributed by atoms with van der Waals surface area (Å²) in [5, 5.41) is 3.37. The Morgan fingerprint density at radius 2 is 1.95 bits per heavy atom. The van der Waals surface area contributed by atoms with Gasteiger partial charge in [-0.1, -0.05) is 12.1 Å². The molecule has 0 aliphatic heterocycles. The van der Waals surface area contributed by atoms with E-state index in [2.05, 4.69) is 34.2 Å². The first kappa shape index (κ1) is 14.7. The third-order valence-electron chi connectivity index (χ3n) is 2.85. The zero-order valence-electron chi connectivity index (χ0n) is 11.9. The summed E-state index contributed by atoms with van der Waals surface area (Å²) in [6, 6.07) is 11.8. The molecule has 106 valence electrons. The van der Waals surface area contributed by atoms with E-state index in [4.69, 9.17) is 10.5 Å². The maximum Gasteiger partial charge on any atom is 0.144 e. The molecule has 4 heteroatoms. The zero-order valence-corrected chi connectivity index (χ0v) is 13.5. The summed E-state index contributed by atoms with van der Waals surface area (Å²) in [4.78, 5) is 0. The second-order valence-corrected chi connectivity index (χ2v) is 5.77. The van der Waals surface area contributed by atoms with Crippen molar-refractivity contribution in [2.24, 2.45) is 0 Å². The van der Waals surface area contributed by atoms with E-state index < -0.39 is 0 Å². The van der Waals surface area contributed by atoms with Gasteiger partial charge in [0.15, 0.2) is 0 Å². The van der Waals surface area contributed by atoms with Crippen molar-refractivity contribution in [3.63, 3.8) is 0 Å². The summed E-state index contributed by atoms with van der Waals surface area (Å²) in [6.45, 7) is 6.03. The van der Waals surface area contributed by atoms with Crippen molar-refractivity contribution in [1.29, 1.82) is 0 Å². The van der Waals surface area contributed by atoms with Crippen LogP contribution in [0.25, 0.3) is 0 Å². The van der Waals surface area contributed by atoms with E-state index in [9.17, 15) is 0 Å². The second-order valence-electron chi connectivity index (χ2n) is 4.98. The van der Waals surface area contributed by atoms with Gasteiger partial charge in [0.2, 0.25) is 0 Å². The van der Waals surface area contributed by atoms with Crippen LogP contribution in [0, 0.1) is 6.92 Å². The van der Waals surface area contributed by atoms with Gasteiger partial charge in [-0.2, -0.15) is 0 Å². The Morgan fingerprint density at radius 1 is 1.20 bits per heavy atom. The Morgan fingerprint density at radius 3 is 2.65 bits per heavy atom. The predicted molar refractivity (Wildman–Crippen MR) is 88.8 cm³/mol. The Hall–Kier alpha value is -1.68. The summed E-state index contributed by atoms with van der Waals surface area (Å²) in [5.74, 6) is 0.703. The molecule has 20 heavy (non-hydrogen) atoms. The molecule has 0 radical (unpaired) electrons. The number of aryl methyl sites for hydroxylation is 1. The molecule has 0 bridgehead atoms. The third kappa shape index (κ3) is 3.45. The molecule has 0 saturated carbocycles. The van der Waals surface area contributed by atoms with E-state index in [0.29, 0.717) is 11.4 Å². The molecule has 0 aliphatic carbocycles. The number of anilines is 3. The van der Waals surface area contributed by atoms with Gasteiger partial charge in [-0.05, 0) is 60.5 Å². The standard InChI is InChI=1S/C16H19BrN2O/c1-10(2)20-15-9-12(7-8-13(15)18)19-14-6-4-5-11(3)16(14)17/h4-10,19H,18H2,1-3H3. The van der Waals surface area contributed by atoms with Crippen LogP contribution in [0.1, 0.15) is 19.4 Å². The summed E-state index contributed by atoms with van der Waals surface area (Å²) >= 11 is 3.59. The number of ether oxygens (including phenoxy) is 1. The number of nitrogens with one attached hydrogen (secondary N) is 1. The maximum absolute atomic E-state index is 5.92. The molecule has 0 fully saturated rings. The van der Waals surface area contributed by atoms with Crippen molar-refractivity contribution in [1.82, 2.24) is 0 Å². The van der Waals surface area contributed by atoms with E-state index in [-0.39, 0.29) is 6.10 Å². The lowest BCUT2D eigenvalue weighted by atomic mass is 10.2. The number of rotatable bonds is 4. The first-order valence-electron chi connectivity index (χ1n) is 6.55. The minimum absolute atomic E-state index is 0.0956. The number of nitrogen functional groups attached to an aromatic ring is 1. The Balaban J connectivity index is 2.27. The number of nitrogens with two attached hydrogens (primary N) is 1. The van der Waals surface area contributed by atoms with E-state index in [1.165, 1.54) is 5.56 Å². The number of benzene rings is 2. The van der Waals surface area contributed by atoms with Crippen molar-refractivity contribution in [3.05, 3.63) is 46.4 Å². The highest BCUT2D eigenvalue weighted by atomic mass is 79.9. The molecule has 3 N–H and O–H groups in total. The van der Waals surface area contributed by atoms with Crippen LogP contribution in [-0.4, -0.2) is 6.10 Å². The fourth-order valence-electron chi connectivity index (χ4n) is 1.87. The van der Waals surface area contributed by atoms with Gasteiger partial charge in [0.1, 0.15) is 5.75 Å². The van der Waals surface area contributed by atoms with Gasteiger partial charge in [-0.15, -0.1) is 0 Å². The average molecular weight is 335 g/mol. The van der Waals surface area contributed by atoms with E-state index >= 15 is 0 Å². The highest BCUT2D eigenvalue weighted by Crippen LogP contribution is 2.32. The molecule has 2 aromatic rings. The lowest BCUT2D eigenvalue weighted by Crippen LogP contribution is -2.07. The summed E-state index contributed by atoms with van der Waals surface area (Å²) in [5.41, 5.74) is 9.72. The lowest BCUT2D eigenvalue weighted by Gasteiger charge is -2.15. The maximum atomic E-state index is 5.92. The molecule has 2 rings (SSSR count). The molecular formula is C16H19BrN2O. The van der Waals surface area contributed by atoms with Crippen molar-refractivity contribution < 1.29 is 4.74 Å². The minimum atomic E-state index is 0.0956. The molecule has 0 heterocycles. The van der Waals surface area contributed by atoms with E-state index in [1.807, 2.05) is 44.2 Å². The summed E-state index contributed by atoms with van der Waals surface area (Å²) in [6.07, 6.45) is 0.0956. The fourth-order valence-corrected chi connectivity index (χ4v) is 2.23. The van der Waals surface area contributed by atoms with Crippen LogP contribution in [0.5, 0.6) is 5.75 Å². The number of halogens is 1. The van der Waals surface area contributed by atoms with E-state index in [0.717, 1.165) is 15.8 Å². The largest absolute Gasteiger partial charge is 0.489 e. The van der Waals surface area contributed by atoms with Crippen molar-refractivity contribution in [2.45, 2.75) is 26.9 Å². The minimum Gasteiger partial charge on any atom is -0.489 e. The quantitative estimate of drug-likeness (QED) is 0.784. The molecule has 2 aromatic carbocycles. The predicted octanol–water partition coefficient (Wildman–Crippen LogP) is 4.87. The fraction of sp³-hybridized carbons (Fsp3) is 0.250. The normalized spacial score (nSPS) is 10.7. The molecule has 0 unspecified atom stereocenters. The van der Waals surface area contributed by atoms with Gasteiger partial charge in [0, 0.05) is 16.2 Å². The molecule has 0 aliphatic rings. The molecule has 0 spiro atoms. The van der Waals surface area contributed by atoms with Crippen LogP contribution in [0.15, 0.2) is 40.9 Å².